The molecule has 1 saturated heterocycles. The number of hydrogen-bond acceptors (Lipinski definition) is 6. The zero-order valence-corrected chi connectivity index (χ0v) is 22.9. The van der Waals surface area contributed by atoms with Crippen LogP contribution in [0.1, 0.15) is 54.7 Å². The van der Waals surface area contributed by atoms with E-state index in [-0.39, 0.29) is 5.91 Å². The molecule has 0 atom stereocenters. The first-order chi connectivity index (χ1) is 18.3. The van der Waals surface area contributed by atoms with E-state index in [2.05, 4.69) is 24.8 Å². The minimum absolute atomic E-state index is 0.155. The molecule has 0 aliphatic carbocycles. The van der Waals surface area contributed by atoms with E-state index in [0.717, 1.165) is 75.7 Å². The van der Waals surface area contributed by atoms with Crippen LogP contribution < -0.4 is 4.90 Å². The summed E-state index contributed by atoms with van der Waals surface area (Å²) in [5.41, 5.74) is 3.23. The monoisotopic (exact) mass is 586 g/mol. The number of alkyl halides is 6. The lowest BCUT2D eigenvalue weighted by Gasteiger charge is -2.22. The van der Waals surface area contributed by atoms with E-state index < -0.39 is 24.3 Å². The maximum absolute atomic E-state index is 13.0. The molecule has 0 aromatic carbocycles. The second-order valence-electron chi connectivity index (χ2n) is 9.99. The third-order valence-electron chi connectivity index (χ3n) is 6.09. The molecule has 3 heterocycles. The summed E-state index contributed by atoms with van der Waals surface area (Å²) in [5, 5.41) is 14.2. The Kier molecular flexibility index (Phi) is 13.1. The number of aromatic nitrogens is 1. The van der Waals surface area contributed by atoms with Crippen LogP contribution >= 0.6 is 0 Å². The van der Waals surface area contributed by atoms with Gasteiger partial charge in [-0.3, -0.25) is 4.79 Å². The van der Waals surface area contributed by atoms with Crippen LogP contribution in [0.25, 0.3) is 0 Å². The van der Waals surface area contributed by atoms with Crippen molar-refractivity contribution in [2.24, 2.45) is 5.92 Å². The number of halogens is 6. The van der Waals surface area contributed by atoms with Gasteiger partial charge in [0.25, 0.3) is 5.91 Å². The predicted molar refractivity (Wildman–Crippen MR) is 134 cm³/mol. The minimum Gasteiger partial charge on any atom is -0.475 e. The molecule has 3 rings (SSSR count). The van der Waals surface area contributed by atoms with Crippen molar-refractivity contribution in [3.05, 3.63) is 22.9 Å². The number of carboxylic acids is 2. The Bertz CT molecular complexity index is 985. The summed E-state index contributed by atoms with van der Waals surface area (Å²) in [4.78, 5) is 42.3. The van der Waals surface area contributed by atoms with E-state index in [0.29, 0.717) is 0 Å². The van der Waals surface area contributed by atoms with Gasteiger partial charge in [0.2, 0.25) is 0 Å². The van der Waals surface area contributed by atoms with Crippen LogP contribution in [0.2, 0.25) is 0 Å². The van der Waals surface area contributed by atoms with Gasteiger partial charge >= 0.3 is 24.3 Å². The van der Waals surface area contributed by atoms with Gasteiger partial charge in [0.05, 0.1) is 5.56 Å². The highest BCUT2D eigenvalue weighted by molar-refractivity contribution is 5.99. The van der Waals surface area contributed by atoms with E-state index in [1.807, 2.05) is 23.9 Å². The molecule has 1 aromatic heterocycles. The predicted octanol–water partition coefficient (Wildman–Crippen LogP) is 4.10. The molecule has 40 heavy (non-hydrogen) atoms. The number of likely N-dealkylation sites (tertiary alicyclic amines) is 1. The summed E-state index contributed by atoms with van der Waals surface area (Å²) in [6, 6.07) is 2.14. The van der Waals surface area contributed by atoms with Crippen LogP contribution in [0, 0.1) is 5.92 Å². The summed E-state index contributed by atoms with van der Waals surface area (Å²) in [6.07, 6.45) is -4.72. The molecule has 2 aliphatic rings. The Labute approximate surface area is 228 Å². The van der Waals surface area contributed by atoms with Gasteiger partial charge in [-0.15, -0.1) is 0 Å². The zero-order valence-electron chi connectivity index (χ0n) is 22.9. The first-order valence-corrected chi connectivity index (χ1v) is 12.7. The molecule has 0 radical (unpaired) electrons. The highest BCUT2D eigenvalue weighted by Gasteiger charge is 2.39. The van der Waals surface area contributed by atoms with Crippen molar-refractivity contribution in [2.45, 2.75) is 58.3 Å². The van der Waals surface area contributed by atoms with Crippen LogP contribution in [0.4, 0.5) is 32.2 Å². The number of aliphatic carboxylic acids is 2. The molecule has 1 aromatic rings. The quantitative estimate of drug-likeness (QED) is 0.496. The number of pyridine rings is 1. The molecule has 2 aliphatic heterocycles. The van der Waals surface area contributed by atoms with E-state index in [9.17, 15) is 31.1 Å². The number of carbonyl (C=O) groups excluding carboxylic acids is 1. The summed E-state index contributed by atoms with van der Waals surface area (Å²) in [5.74, 6) is -3.79. The number of anilines is 1. The molecule has 0 saturated carbocycles. The number of carboxylic acid groups (broad SMARTS) is 2. The van der Waals surface area contributed by atoms with E-state index in [4.69, 9.17) is 24.8 Å². The molecule has 9 nitrogen and oxygen atoms in total. The lowest BCUT2D eigenvalue weighted by molar-refractivity contribution is -0.193. The second-order valence-corrected chi connectivity index (χ2v) is 9.99. The van der Waals surface area contributed by atoms with Crippen molar-refractivity contribution < 1.29 is 50.9 Å². The maximum Gasteiger partial charge on any atom is 0.490 e. The molecule has 0 unspecified atom stereocenters. The van der Waals surface area contributed by atoms with Gasteiger partial charge in [-0.25, -0.2) is 14.6 Å². The van der Waals surface area contributed by atoms with Crippen LogP contribution in [0.15, 0.2) is 6.07 Å². The fraction of sp³-hybridized carbons (Fsp3) is 0.680. The first kappa shape index (κ1) is 34.9. The third-order valence-corrected chi connectivity index (χ3v) is 6.09. The summed E-state index contributed by atoms with van der Waals surface area (Å²) in [6.45, 7) is 9.63. The fourth-order valence-electron chi connectivity index (χ4n) is 3.92. The molecular formula is C25H36F6N4O5. The number of fused-ring (bicyclic) bond motifs is 1. The number of amides is 1. The second kappa shape index (κ2) is 15.1. The van der Waals surface area contributed by atoms with E-state index in [1.54, 1.807) is 0 Å². The lowest BCUT2D eigenvalue weighted by atomic mass is 10.0. The Balaban J connectivity index is 0.000000473. The largest absolute Gasteiger partial charge is 0.490 e. The smallest absolute Gasteiger partial charge is 0.475 e. The first-order valence-electron chi connectivity index (χ1n) is 12.7. The summed E-state index contributed by atoms with van der Waals surface area (Å²) in [7, 11) is 3.97. The SMILES string of the molecule is CC(C)CCN1CCc2cc(C(=O)N3CCCC3)c(N(C)C)nc2CC1.O=C(O)C(F)(F)F.O=C(O)C(F)(F)F. The Morgan fingerprint density at radius 1 is 0.925 bits per heavy atom. The van der Waals surface area contributed by atoms with Crippen LogP contribution in [0.3, 0.4) is 0 Å². The molecule has 2 N–H and O–H groups in total. The minimum atomic E-state index is -5.08. The maximum atomic E-state index is 13.0. The fourth-order valence-corrected chi connectivity index (χ4v) is 3.92. The van der Waals surface area contributed by atoms with Gasteiger partial charge in [0.15, 0.2) is 0 Å². The van der Waals surface area contributed by atoms with Gasteiger partial charge in [-0.1, -0.05) is 13.8 Å². The van der Waals surface area contributed by atoms with Gasteiger partial charge in [-0.05, 0) is 49.8 Å². The Hall–Kier alpha value is -3.10. The lowest BCUT2D eigenvalue weighted by Crippen LogP contribution is -2.30. The van der Waals surface area contributed by atoms with Crippen LogP contribution in [-0.2, 0) is 22.4 Å². The van der Waals surface area contributed by atoms with Crippen molar-refractivity contribution >= 4 is 23.7 Å². The topological polar surface area (TPSA) is 114 Å². The highest BCUT2D eigenvalue weighted by Crippen LogP contribution is 2.26. The molecule has 1 fully saturated rings. The van der Waals surface area contributed by atoms with Gasteiger partial charge in [0.1, 0.15) is 5.82 Å². The van der Waals surface area contributed by atoms with Crippen LogP contribution in [0.5, 0.6) is 0 Å². The molecule has 228 valence electrons. The van der Waals surface area contributed by atoms with E-state index in [1.165, 1.54) is 17.7 Å². The van der Waals surface area contributed by atoms with E-state index >= 15 is 0 Å². The summed E-state index contributed by atoms with van der Waals surface area (Å²) < 4.78 is 63.5. The Morgan fingerprint density at radius 2 is 1.40 bits per heavy atom. The average Bonchev–Trinajstić information content (AvgIpc) is 3.29. The van der Waals surface area contributed by atoms with Gasteiger partial charge in [0, 0.05) is 52.4 Å². The van der Waals surface area contributed by atoms with Crippen LogP contribution in [-0.4, -0.2) is 102 Å². The standard InChI is InChI=1S/C21H34N4O.2C2HF3O2/c1-16(2)7-12-24-13-8-17-15-18(21(26)25-10-5-6-11-25)20(23(3)4)22-19(17)9-14-24;2*3-2(4,5)1(6)7/h15-16H,5-14H2,1-4H3;2*(H,6,7). The number of carbonyl (C=O) groups is 3. The molecular weight excluding hydrogens is 550 g/mol. The highest BCUT2D eigenvalue weighted by atomic mass is 19.4. The molecule has 15 heteroatoms. The van der Waals surface area contributed by atoms with Crippen molar-refractivity contribution in [2.75, 3.05) is 51.7 Å². The van der Waals surface area contributed by atoms with Crippen molar-refractivity contribution in [1.82, 2.24) is 14.8 Å². The van der Waals surface area contributed by atoms with Crippen molar-refractivity contribution in [3.63, 3.8) is 0 Å². The van der Waals surface area contributed by atoms with Crippen molar-refractivity contribution in [3.8, 4) is 0 Å². The molecule has 0 spiro atoms. The van der Waals surface area contributed by atoms with Crippen molar-refractivity contribution in [1.29, 1.82) is 0 Å². The zero-order chi connectivity index (χ0) is 30.8. The summed E-state index contributed by atoms with van der Waals surface area (Å²) >= 11 is 0. The number of hydrogen-bond donors (Lipinski definition) is 2. The number of nitrogens with zero attached hydrogens (tertiary/aromatic N) is 4. The average molecular weight is 587 g/mol. The molecule has 1 amide bonds. The molecule has 0 bridgehead atoms. The Morgan fingerprint density at radius 3 is 1.82 bits per heavy atom. The number of rotatable bonds is 5. The third kappa shape index (κ3) is 11.6. The van der Waals surface area contributed by atoms with Gasteiger partial charge < -0.3 is 24.9 Å². The van der Waals surface area contributed by atoms with Gasteiger partial charge in [-0.2, -0.15) is 26.3 Å². The normalized spacial score (nSPS) is 15.7.